The van der Waals surface area contributed by atoms with E-state index in [1.807, 2.05) is 0 Å². The second-order valence-corrected chi connectivity index (χ2v) is 1.99. The summed E-state index contributed by atoms with van der Waals surface area (Å²) in [6.45, 7) is 0. The van der Waals surface area contributed by atoms with Gasteiger partial charge in [0.1, 0.15) is 0 Å². The van der Waals surface area contributed by atoms with E-state index < -0.39 is 12.0 Å². The van der Waals surface area contributed by atoms with Crippen molar-refractivity contribution in [2.24, 2.45) is 0 Å². The van der Waals surface area contributed by atoms with E-state index in [0.717, 1.165) is 7.11 Å². The minimum atomic E-state index is -0.930. The number of benzene rings is 1. The maximum atomic E-state index is 12.8. The van der Waals surface area contributed by atoms with Crippen LogP contribution in [0.25, 0.3) is 0 Å². The van der Waals surface area contributed by atoms with Crippen molar-refractivity contribution < 1.29 is 18.7 Å². The molecule has 0 unspecified atom stereocenters. The lowest BCUT2D eigenvalue weighted by molar-refractivity contribution is 0.119. The van der Waals surface area contributed by atoms with Crippen LogP contribution in [0.4, 0.5) is 9.18 Å². The third-order valence-corrected chi connectivity index (χ3v) is 1.20. The Hall–Kier alpha value is -1.58. The Balaban J connectivity index is 2.75. The average molecular weight is 170 g/mol. The summed E-state index contributed by atoms with van der Waals surface area (Å²) in [6.07, 6.45) is -0.930. The fraction of sp³-hybridized carbons (Fsp3) is 0.125. The summed E-state index contributed by atoms with van der Waals surface area (Å²) in [6, 6.07) is 5.59. The molecule has 1 aromatic carbocycles. The topological polar surface area (TPSA) is 35.5 Å². The van der Waals surface area contributed by atoms with Crippen LogP contribution in [0.1, 0.15) is 0 Å². The van der Waals surface area contributed by atoms with Gasteiger partial charge in [-0.05, 0) is 12.1 Å². The van der Waals surface area contributed by atoms with Crippen LogP contribution in [-0.2, 0) is 4.74 Å². The zero-order chi connectivity index (χ0) is 8.97. The Bertz CT molecular complexity index is 285. The zero-order valence-corrected chi connectivity index (χ0v) is 6.41. The predicted molar refractivity (Wildman–Crippen MR) is 39.4 cm³/mol. The second kappa shape index (κ2) is 3.71. The van der Waals surface area contributed by atoms with Crippen molar-refractivity contribution in [2.75, 3.05) is 7.11 Å². The lowest BCUT2D eigenvalue weighted by Gasteiger charge is -2.01. The first-order valence-electron chi connectivity index (χ1n) is 3.24. The molecule has 0 spiro atoms. The molecule has 0 amide bonds. The fourth-order valence-corrected chi connectivity index (χ4v) is 0.659. The minimum absolute atomic E-state index is 0.135. The van der Waals surface area contributed by atoms with Gasteiger partial charge in [0.2, 0.25) is 0 Å². The highest BCUT2D eigenvalue weighted by Gasteiger charge is 2.06. The van der Waals surface area contributed by atoms with Crippen LogP contribution in [0.3, 0.4) is 0 Å². The Kier molecular flexibility index (Phi) is 2.63. The quantitative estimate of drug-likeness (QED) is 0.477. The summed E-state index contributed by atoms with van der Waals surface area (Å²) in [5.74, 6) is -0.729. The molecule has 0 aliphatic rings. The Morgan fingerprint density at radius 2 is 2.08 bits per heavy atom. The van der Waals surface area contributed by atoms with Gasteiger partial charge in [-0.1, -0.05) is 12.1 Å². The summed E-state index contributed by atoms with van der Waals surface area (Å²) in [5.41, 5.74) is 0. The fourth-order valence-electron chi connectivity index (χ4n) is 0.659. The second-order valence-electron chi connectivity index (χ2n) is 1.99. The van der Waals surface area contributed by atoms with E-state index in [0.29, 0.717) is 0 Å². The number of carbonyl (C=O) groups excluding carboxylic acids is 1. The smallest absolute Gasteiger partial charge is 0.437 e. The summed E-state index contributed by atoms with van der Waals surface area (Å²) < 4.78 is 21.4. The average Bonchev–Trinajstić information content (AvgIpc) is 2.09. The van der Waals surface area contributed by atoms with Gasteiger partial charge in [-0.15, -0.1) is 0 Å². The van der Waals surface area contributed by atoms with Crippen molar-refractivity contribution in [3.8, 4) is 5.75 Å². The van der Waals surface area contributed by atoms with E-state index in [9.17, 15) is 9.18 Å². The summed E-state index contributed by atoms with van der Waals surface area (Å²) in [4.78, 5) is 10.5. The third kappa shape index (κ3) is 1.95. The standard InChI is InChI=1S/C8H7FO3/c1-11-8(10)12-7-5-3-2-4-6(7)9/h2-5H,1H3. The molecule has 0 atom stereocenters. The molecule has 64 valence electrons. The van der Waals surface area contributed by atoms with Crippen LogP contribution in [0.15, 0.2) is 24.3 Å². The molecular formula is C8H7FO3. The molecule has 12 heavy (non-hydrogen) atoms. The number of methoxy groups -OCH3 is 1. The molecule has 1 aromatic rings. The number of para-hydroxylation sites is 1. The maximum absolute atomic E-state index is 12.8. The number of rotatable bonds is 1. The van der Waals surface area contributed by atoms with Gasteiger partial charge < -0.3 is 9.47 Å². The molecule has 4 heteroatoms. The Morgan fingerprint density at radius 3 is 2.67 bits per heavy atom. The van der Waals surface area contributed by atoms with Crippen LogP contribution in [0.2, 0.25) is 0 Å². The maximum Gasteiger partial charge on any atom is 0.513 e. The Morgan fingerprint density at radius 1 is 1.42 bits per heavy atom. The van der Waals surface area contributed by atoms with Crippen molar-refractivity contribution in [1.29, 1.82) is 0 Å². The molecule has 0 N–H and O–H groups in total. The van der Waals surface area contributed by atoms with Crippen LogP contribution in [-0.4, -0.2) is 13.3 Å². The van der Waals surface area contributed by atoms with Gasteiger partial charge in [0.15, 0.2) is 11.6 Å². The number of hydrogen-bond donors (Lipinski definition) is 0. The summed E-state index contributed by atoms with van der Waals surface area (Å²) >= 11 is 0. The van der Waals surface area contributed by atoms with Gasteiger partial charge >= 0.3 is 6.16 Å². The van der Waals surface area contributed by atoms with Crippen molar-refractivity contribution in [1.82, 2.24) is 0 Å². The first kappa shape index (κ1) is 8.52. The van der Waals surface area contributed by atoms with Crippen LogP contribution in [0, 0.1) is 5.82 Å². The van der Waals surface area contributed by atoms with Crippen LogP contribution in [0.5, 0.6) is 5.75 Å². The molecule has 0 bridgehead atoms. The van der Waals surface area contributed by atoms with Crippen molar-refractivity contribution in [3.05, 3.63) is 30.1 Å². The van der Waals surface area contributed by atoms with E-state index in [1.165, 1.54) is 18.2 Å². The van der Waals surface area contributed by atoms with E-state index in [2.05, 4.69) is 9.47 Å². The molecule has 0 aliphatic carbocycles. The molecule has 0 saturated heterocycles. The molecule has 0 heterocycles. The number of ether oxygens (including phenoxy) is 2. The number of halogens is 1. The highest BCUT2D eigenvalue weighted by Crippen LogP contribution is 2.15. The van der Waals surface area contributed by atoms with Gasteiger partial charge in [-0.3, -0.25) is 0 Å². The predicted octanol–water partition coefficient (Wildman–Crippen LogP) is 1.97. The molecule has 0 radical (unpaired) electrons. The zero-order valence-electron chi connectivity index (χ0n) is 6.41. The van der Waals surface area contributed by atoms with Crippen molar-refractivity contribution >= 4 is 6.16 Å². The van der Waals surface area contributed by atoms with Crippen molar-refractivity contribution in [2.45, 2.75) is 0 Å². The monoisotopic (exact) mass is 170 g/mol. The number of hydrogen-bond acceptors (Lipinski definition) is 3. The summed E-state index contributed by atoms with van der Waals surface area (Å²) in [5, 5.41) is 0. The molecule has 1 rings (SSSR count). The Labute approximate surface area is 68.7 Å². The minimum Gasteiger partial charge on any atom is -0.437 e. The lowest BCUT2D eigenvalue weighted by atomic mass is 10.3. The van der Waals surface area contributed by atoms with E-state index in [1.54, 1.807) is 6.07 Å². The number of carbonyl (C=O) groups is 1. The third-order valence-electron chi connectivity index (χ3n) is 1.20. The molecule has 3 nitrogen and oxygen atoms in total. The van der Waals surface area contributed by atoms with Gasteiger partial charge in [-0.25, -0.2) is 9.18 Å². The molecule has 0 aliphatic heterocycles. The largest absolute Gasteiger partial charge is 0.513 e. The molecule has 0 aromatic heterocycles. The first-order chi connectivity index (χ1) is 5.74. The lowest BCUT2D eigenvalue weighted by Crippen LogP contribution is -2.08. The highest BCUT2D eigenvalue weighted by atomic mass is 19.1. The van der Waals surface area contributed by atoms with Gasteiger partial charge in [0.05, 0.1) is 7.11 Å². The molecule has 0 fully saturated rings. The van der Waals surface area contributed by atoms with E-state index in [-0.39, 0.29) is 5.75 Å². The van der Waals surface area contributed by atoms with Gasteiger partial charge in [0.25, 0.3) is 0 Å². The highest BCUT2D eigenvalue weighted by molar-refractivity contribution is 5.63. The van der Waals surface area contributed by atoms with Crippen molar-refractivity contribution in [3.63, 3.8) is 0 Å². The molecular weight excluding hydrogens is 163 g/mol. The van der Waals surface area contributed by atoms with E-state index >= 15 is 0 Å². The van der Waals surface area contributed by atoms with Crippen LogP contribution < -0.4 is 4.74 Å². The summed E-state index contributed by atoms with van der Waals surface area (Å²) in [7, 11) is 1.16. The SMILES string of the molecule is COC(=O)Oc1ccccc1F. The van der Waals surface area contributed by atoms with Gasteiger partial charge in [0, 0.05) is 0 Å². The van der Waals surface area contributed by atoms with Gasteiger partial charge in [-0.2, -0.15) is 0 Å². The molecule has 0 saturated carbocycles. The normalized spacial score (nSPS) is 9.17. The van der Waals surface area contributed by atoms with E-state index in [4.69, 9.17) is 0 Å². The van der Waals surface area contributed by atoms with Crippen LogP contribution >= 0.6 is 0 Å². The first-order valence-corrected chi connectivity index (χ1v) is 3.24.